The summed E-state index contributed by atoms with van der Waals surface area (Å²) < 4.78 is 5.94. The minimum Gasteiger partial charge on any atom is -0.459 e. The lowest BCUT2D eigenvalue weighted by Gasteiger charge is -2.30. The van der Waals surface area contributed by atoms with Crippen molar-refractivity contribution in [3.63, 3.8) is 0 Å². The second-order valence-electron chi connectivity index (χ2n) is 5.97. The third-order valence-corrected chi connectivity index (χ3v) is 5.54. The number of amides is 1. The van der Waals surface area contributed by atoms with Crippen LogP contribution in [0.1, 0.15) is 32.1 Å². The van der Waals surface area contributed by atoms with E-state index in [1.54, 1.807) is 0 Å². The monoisotopic (exact) mass is 332 g/mol. The van der Waals surface area contributed by atoms with E-state index in [1.807, 2.05) is 60.8 Å². The summed E-state index contributed by atoms with van der Waals surface area (Å²) >= 11 is 1.92. The number of benzene rings is 1. The quantitative estimate of drug-likeness (QED) is 0.911. The number of nitrogens with one attached hydrogen (secondary N) is 1. The van der Waals surface area contributed by atoms with E-state index in [4.69, 9.17) is 4.42 Å². The first kappa shape index (κ1) is 16.4. The number of carbonyl (C=O) groups is 1. The SMILES string of the molecule is CCN(C(=O)CC1CSCCN1)C(C)c1cc2ccccc2o1. The molecule has 1 saturated heterocycles. The van der Waals surface area contributed by atoms with Crippen LogP contribution in [0.3, 0.4) is 0 Å². The second-order valence-corrected chi connectivity index (χ2v) is 7.12. The predicted molar refractivity (Wildman–Crippen MR) is 95.7 cm³/mol. The van der Waals surface area contributed by atoms with E-state index in [0.717, 1.165) is 34.8 Å². The molecular formula is C18H24N2O2S. The number of carbonyl (C=O) groups excluding carboxylic acids is 1. The molecule has 1 N–H and O–H groups in total. The van der Waals surface area contributed by atoms with E-state index in [2.05, 4.69) is 5.32 Å². The zero-order valence-electron chi connectivity index (χ0n) is 13.7. The molecule has 1 aromatic heterocycles. The molecule has 0 radical (unpaired) electrons. The lowest BCUT2D eigenvalue weighted by atomic mass is 10.1. The van der Waals surface area contributed by atoms with Crippen molar-refractivity contribution in [2.75, 3.05) is 24.6 Å². The lowest BCUT2D eigenvalue weighted by Crippen LogP contribution is -2.43. The number of rotatable bonds is 5. The van der Waals surface area contributed by atoms with Crippen molar-refractivity contribution in [2.24, 2.45) is 0 Å². The van der Waals surface area contributed by atoms with Gasteiger partial charge in [-0.3, -0.25) is 4.79 Å². The summed E-state index contributed by atoms with van der Waals surface area (Å²) in [5.41, 5.74) is 0.878. The summed E-state index contributed by atoms with van der Waals surface area (Å²) in [4.78, 5) is 14.6. The Hall–Kier alpha value is -1.46. The van der Waals surface area contributed by atoms with E-state index in [1.165, 1.54) is 0 Å². The zero-order chi connectivity index (χ0) is 16.2. The second kappa shape index (κ2) is 7.41. The summed E-state index contributed by atoms with van der Waals surface area (Å²) in [7, 11) is 0. The van der Waals surface area contributed by atoms with E-state index in [-0.39, 0.29) is 18.0 Å². The summed E-state index contributed by atoms with van der Waals surface area (Å²) in [5.74, 6) is 3.20. The molecular weight excluding hydrogens is 308 g/mol. The normalized spacial score (nSPS) is 19.7. The Morgan fingerprint density at radius 3 is 3.00 bits per heavy atom. The van der Waals surface area contributed by atoms with Gasteiger partial charge >= 0.3 is 0 Å². The molecule has 3 rings (SSSR count). The highest BCUT2D eigenvalue weighted by atomic mass is 32.2. The molecule has 23 heavy (non-hydrogen) atoms. The third-order valence-electron chi connectivity index (χ3n) is 4.40. The highest BCUT2D eigenvalue weighted by molar-refractivity contribution is 7.99. The fourth-order valence-corrected chi connectivity index (χ4v) is 4.06. The molecule has 0 saturated carbocycles. The van der Waals surface area contributed by atoms with E-state index < -0.39 is 0 Å². The van der Waals surface area contributed by atoms with Crippen molar-refractivity contribution in [1.29, 1.82) is 0 Å². The van der Waals surface area contributed by atoms with Gasteiger partial charge in [-0.15, -0.1) is 0 Å². The fraction of sp³-hybridized carbons (Fsp3) is 0.500. The Morgan fingerprint density at radius 2 is 2.30 bits per heavy atom. The van der Waals surface area contributed by atoms with Crippen LogP contribution >= 0.6 is 11.8 Å². The van der Waals surface area contributed by atoms with Gasteiger partial charge in [0.1, 0.15) is 11.3 Å². The van der Waals surface area contributed by atoms with Crippen LogP contribution in [0, 0.1) is 0 Å². The van der Waals surface area contributed by atoms with Crippen LogP contribution in [0.2, 0.25) is 0 Å². The fourth-order valence-electron chi connectivity index (χ4n) is 3.11. The van der Waals surface area contributed by atoms with Crippen molar-refractivity contribution in [2.45, 2.75) is 32.4 Å². The molecule has 2 heterocycles. The highest BCUT2D eigenvalue weighted by Gasteiger charge is 2.25. The molecule has 1 fully saturated rings. The lowest BCUT2D eigenvalue weighted by molar-refractivity contribution is -0.133. The molecule has 1 aliphatic heterocycles. The maximum Gasteiger partial charge on any atom is 0.224 e. The molecule has 5 heteroatoms. The van der Waals surface area contributed by atoms with E-state index in [0.29, 0.717) is 13.0 Å². The number of furan rings is 1. The Morgan fingerprint density at radius 1 is 1.48 bits per heavy atom. The third kappa shape index (κ3) is 3.72. The van der Waals surface area contributed by atoms with Crippen LogP contribution < -0.4 is 5.32 Å². The van der Waals surface area contributed by atoms with Crippen LogP contribution in [-0.2, 0) is 4.79 Å². The average molecular weight is 332 g/mol. The standard InChI is InChI=1S/C18H24N2O2S/c1-3-20(18(21)11-15-12-23-9-8-19-15)13(2)17-10-14-6-4-5-7-16(14)22-17/h4-7,10,13,15,19H,3,8-9,11-12H2,1-2H3. The molecule has 0 aliphatic carbocycles. The maximum absolute atomic E-state index is 12.7. The van der Waals surface area contributed by atoms with Crippen LogP contribution in [0.25, 0.3) is 11.0 Å². The number of nitrogens with zero attached hydrogens (tertiary/aromatic N) is 1. The molecule has 1 amide bonds. The van der Waals surface area contributed by atoms with Gasteiger partial charge in [0.2, 0.25) is 5.91 Å². The van der Waals surface area contributed by atoms with Crippen molar-refractivity contribution < 1.29 is 9.21 Å². The summed E-state index contributed by atoms with van der Waals surface area (Å²) in [6.45, 7) is 5.76. The zero-order valence-corrected chi connectivity index (χ0v) is 14.6. The molecule has 2 aromatic rings. The first-order chi connectivity index (χ1) is 11.2. The first-order valence-corrected chi connectivity index (χ1v) is 9.43. The van der Waals surface area contributed by atoms with Crippen LogP contribution in [0.5, 0.6) is 0 Å². The van der Waals surface area contributed by atoms with Crippen molar-refractivity contribution in [1.82, 2.24) is 10.2 Å². The van der Waals surface area contributed by atoms with Gasteiger partial charge in [-0.2, -0.15) is 11.8 Å². The highest BCUT2D eigenvalue weighted by Crippen LogP contribution is 2.28. The Balaban J connectivity index is 1.72. The van der Waals surface area contributed by atoms with Crippen LogP contribution in [-0.4, -0.2) is 41.4 Å². The smallest absolute Gasteiger partial charge is 0.224 e. The van der Waals surface area contributed by atoms with Crippen LogP contribution in [0.15, 0.2) is 34.7 Å². The Labute approximate surface area is 141 Å². The largest absolute Gasteiger partial charge is 0.459 e. The van der Waals surface area contributed by atoms with Gasteiger partial charge < -0.3 is 14.6 Å². The summed E-state index contributed by atoms with van der Waals surface area (Å²) in [5, 5.41) is 4.52. The van der Waals surface area contributed by atoms with Crippen molar-refractivity contribution in [3.05, 3.63) is 36.1 Å². The maximum atomic E-state index is 12.7. The van der Waals surface area contributed by atoms with E-state index >= 15 is 0 Å². The van der Waals surface area contributed by atoms with Gasteiger partial charge in [0.25, 0.3) is 0 Å². The summed E-state index contributed by atoms with van der Waals surface area (Å²) in [6.07, 6.45) is 0.561. The molecule has 0 bridgehead atoms. The van der Waals surface area contributed by atoms with Crippen molar-refractivity contribution >= 4 is 28.6 Å². The van der Waals surface area contributed by atoms with Crippen LogP contribution in [0.4, 0.5) is 0 Å². The topological polar surface area (TPSA) is 45.5 Å². The van der Waals surface area contributed by atoms with Crippen molar-refractivity contribution in [3.8, 4) is 0 Å². The molecule has 4 nitrogen and oxygen atoms in total. The number of hydrogen-bond donors (Lipinski definition) is 1. The van der Waals surface area contributed by atoms with Gasteiger partial charge in [0.05, 0.1) is 6.04 Å². The Bertz CT molecular complexity index is 631. The Kier molecular flexibility index (Phi) is 5.28. The number of fused-ring (bicyclic) bond motifs is 1. The minimum absolute atomic E-state index is 0.0452. The molecule has 2 atom stereocenters. The first-order valence-electron chi connectivity index (χ1n) is 8.28. The molecule has 0 spiro atoms. The summed E-state index contributed by atoms with van der Waals surface area (Å²) in [6, 6.07) is 10.3. The number of para-hydroxylation sites is 1. The molecule has 1 aliphatic rings. The molecule has 1 aromatic carbocycles. The van der Waals surface area contributed by atoms with Gasteiger partial charge in [-0.1, -0.05) is 18.2 Å². The number of thioether (sulfide) groups is 1. The average Bonchev–Trinajstić information content (AvgIpc) is 3.00. The molecule has 2 unspecified atom stereocenters. The van der Waals surface area contributed by atoms with Gasteiger partial charge in [-0.05, 0) is 26.0 Å². The van der Waals surface area contributed by atoms with Gasteiger partial charge in [-0.25, -0.2) is 0 Å². The van der Waals surface area contributed by atoms with Gasteiger partial charge in [0.15, 0.2) is 0 Å². The predicted octanol–water partition coefficient (Wildman–Crippen LogP) is 3.44. The molecule has 124 valence electrons. The number of hydrogen-bond acceptors (Lipinski definition) is 4. The van der Waals surface area contributed by atoms with E-state index in [9.17, 15) is 4.79 Å². The van der Waals surface area contributed by atoms with Gasteiger partial charge in [0, 0.05) is 42.4 Å². The minimum atomic E-state index is -0.0452.